The Labute approximate surface area is 161 Å². The van der Waals surface area contributed by atoms with Crippen LogP contribution in [-0.4, -0.2) is 41.9 Å². The van der Waals surface area contributed by atoms with E-state index in [-0.39, 0.29) is 0 Å². The molecule has 2 aliphatic carbocycles. The van der Waals surface area contributed by atoms with Crippen molar-refractivity contribution in [3.63, 3.8) is 0 Å². The smallest absolute Gasteiger partial charge is 0.0733 e. The third kappa shape index (κ3) is 4.40. The Morgan fingerprint density at radius 1 is 0.640 bits per heavy atom. The van der Waals surface area contributed by atoms with Crippen LogP contribution >= 0.6 is 15.9 Å². The summed E-state index contributed by atoms with van der Waals surface area (Å²) >= 11 is 3.58. The number of hydrogen-bond donors (Lipinski definition) is 0. The van der Waals surface area contributed by atoms with Gasteiger partial charge in [-0.2, -0.15) is 0 Å². The van der Waals surface area contributed by atoms with Crippen LogP contribution in [0.25, 0.3) is 0 Å². The quantitative estimate of drug-likeness (QED) is 0.665. The van der Waals surface area contributed by atoms with Crippen LogP contribution in [0, 0.1) is 0 Å². The summed E-state index contributed by atoms with van der Waals surface area (Å²) in [7, 11) is 0. The van der Waals surface area contributed by atoms with Crippen LogP contribution in [0.3, 0.4) is 0 Å². The highest BCUT2D eigenvalue weighted by atomic mass is 79.9. The minimum atomic E-state index is 0.790. The molecule has 0 unspecified atom stereocenters. The van der Waals surface area contributed by atoms with Crippen molar-refractivity contribution >= 4 is 21.6 Å². The number of halogens is 1. The predicted molar refractivity (Wildman–Crippen MR) is 109 cm³/mol. The lowest BCUT2D eigenvalue weighted by atomic mass is 9.93. The lowest BCUT2D eigenvalue weighted by Gasteiger charge is -2.50. The third-order valence-corrected chi connectivity index (χ3v) is 6.97. The fraction of sp³-hybridized carbons (Fsp3) is 0.714. The summed E-state index contributed by atoms with van der Waals surface area (Å²) < 4.78 is 1.17. The van der Waals surface area contributed by atoms with Crippen molar-refractivity contribution in [2.75, 3.05) is 24.9 Å². The van der Waals surface area contributed by atoms with Crippen molar-refractivity contribution in [3.8, 4) is 0 Å². The van der Waals surface area contributed by atoms with Crippen LogP contribution in [0.15, 0.2) is 28.7 Å². The van der Waals surface area contributed by atoms with E-state index in [4.69, 9.17) is 0 Å². The number of nitrogens with zero attached hydrogens (tertiary/aromatic N) is 3. The fourth-order valence-corrected chi connectivity index (χ4v) is 5.24. The zero-order chi connectivity index (χ0) is 17.1. The Balaban J connectivity index is 1.52. The van der Waals surface area contributed by atoms with Crippen molar-refractivity contribution < 1.29 is 0 Å². The van der Waals surface area contributed by atoms with Gasteiger partial charge < -0.3 is 4.90 Å². The number of hydrogen-bond acceptors (Lipinski definition) is 3. The van der Waals surface area contributed by atoms with Crippen molar-refractivity contribution in [1.29, 1.82) is 0 Å². The molecular formula is C21H32BrN3. The molecule has 0 amide bonds. The van der Waals surface area contributed by atoms with Crippen LogP contribution in [0.4, 0.5) is 5.69 Å². The molecule has 2 saturated carbocycles. The molecule has 0 spiro atoms. The normalized spacial score (nSPS) is 25.4. The van der Waals surface area contributed by atoms with Crippen LogP contribution in [0.1, 0.15) is 64.2 Å². The lowest BCUT2D eigenvalue weighted by Crippen LogP contribution is -2.60. The molecule has 3 fully saturated rings. The summed E-state index contributed by atoms with van der Waals surface area (Å²) in [4.78, 5) is 8.15. The molecule has 0 atom stereocenters. The van der Waals surface area contributed by atoms with E-state index in [1.54, 1.807) is 0 Å². The van der Waals surface area contributed by atoms with Crippen LogP contribution < -0.4 is 4.90 Å². The van der Waals surface area contributed by atoms with Gasteiger partial charge >= 0.3 is 0 Å². The van der Waals surface area contributed by atoms with Gasteiger partial charge in [-0.25, -0.2) is 0 Å². The topological polar surface area (TPSA) is 9.72 Å². The maximum absolute atomic E-state index is 3.58. The van der Waals surface area contributed by atoms with Gasteiger partial charge in [0.25, 0.3) is 0 Å². The first kappa shape index (κ1) is 17.8. The summed E-state index contributed by atoms with van der Waals surface area (Å²) in [5.41, 5.74) is 1.37. The zero-order valence-electron chi connectivity index (χ0n) is 15.4. The maximum atomic E-state index is 3.58. The van der Waals surface area contributed by atoms with Gasteiger partial charge in [0, 0.05) is 22.2 Å². The number of anilines is 1. The van der Waals surface area contributed by atoms with Crippen molar-refractivity contribution in [2.45, 2.75) is 76.3 Å². The second-order valence-corrected chi connectivity index (χ2v) is 9.12. The molecule has 1 aliphatic heterocycles. The number of benzene rings is 1. The third-order valence-electron chi connectivity index (χ3n) is 6.44. The molecule has 1 saturated heterocycles. The summed E-state index contributed by atoms with van der Waals surface area (Å²) in [5.74, 6) is 0. The van der Waals surface area contributed by atoms with E-state index in [0.717, 1.165) is 25.4 Å². The molecule has 1 aromatic rings. The molecule has 0 N–H and O–H groups in total. The first-order chi connectivity index (χ1) is 12.3. The van der Waals surface area contributed by atoms with E-state index in [9.17, 15) is 0 Å². The van der Waals surface area contributed by atoms with Crippen LogP contribution in [-0.2, 0) is 0 Å². The molecule has 25 heavy (non-hydrogen) atoms. The fourth-order valence-electron chi connectivity index (χ4n) is 4.98. The highest BCUT2D eigenvalue weighted by Crippen LogP contribution is 2.30. The van der Waals surface area contributed by atoms with E-state index in [0.29, 0.717) is 0 Å². The Kier molecular flexibility index (Phi) is 5.99. The first-order valence-corrected chi connectivity index (χ1v) is 11.1. The van der Waals surface area contributed by atoms with E-state index in [1.807, 2.05) is 0 Å². The zero-order valence-corrected chi connectivity index (χ0v) is 17.0. The molecule has 0 bridgehead atoms. The molecular weight excluding hydrogens is 374 g/mol. The highest BCUT2D eigenvalue weighted by molar-refractivity contribution is 9.10. The second-order valence-electron chi connectivity index (χ2n) is 8.20. The average Bonchev–Trinajstić information content (AvgIpc) is 2.69. The van der Waals surface area contributed by atoms with Gasteiger partial charge in [0.2, 0.25) is 0 Å². The van der Waals surface area contributed by atoms with Gasteiger partial charge in [-0.05, 0) is 49.9 Å². The van der Waals surface area contributed by atoms with E-state index < -0.39 is 0 Å². The maximum Gasteiger partial charge on any atom is 0.0733 e. The summed E-state index contributed by atoms with van der Waals surface area (Å²) in [6.45, 7) is 3.37. The van der Waals surface area contributed by atoms with Crippen LogP contribution in [0.2, 0.25) is 0 Å². The molecule has 3 nitrogen and oxygen atoms in total. The molecule has 4 heteroatoms. The Bertz CT molecular complexity index is 509. The van der Waals surface area contributed by atoms with Gasteiger partial charge in [-0.1, -0.05) is 54.5 Å². The minimum absolute atomic E-state index is 0.790. The van der Waals surface area contributed by atoms with Crippen molar-refractivity contribution in [2.24, 2.45) is 0 Å². The van der Waals surface area contributed by atoms with Gasteiger partial charge in [0.05, 0.1) is 20.0 Å². The average molecular weight is 406 g/mol. The highest BCUT2D eigenvalue weighted by Gasteiger charge is 2.33. The monoisotopic (exact) mass is 405 g/mol. The molecule has 1 aromatic carbocycles. The molecule has 3 aliphatic rings. The Morgan fingerprint density at radius 2 is 1.12 bits per heavy atom. The minimum Gasteiger partial charge on any atom is -0.345 e. The molecule has 0 aromatic heterocycles. The van der Waals surface area contributed by atoms with Crippen LogP contribution in [0.5, 0.6) is 0 Å². The molecule has 1 heterocycles. The SMILES string of the molecule is Brc1ccc(N2CN(C3CCCCC3)CN(C3CCCCC3)C2)cc1. The molecule has 138 valence electrons. The van der Waals surface area contributed by atoms with E-state index >= 15 is 0 Å². The van der Waals surface area contributed by atoms with Crippen molar-refractivity contribution in [1.82, 2.24) is 9.80 Å². The van der Waals surface area contributed by atoms with Crippen molar-refractivity contribution in [3.05, 3.63) is 28.7 Å². The first-order valence-electron chi connectivity index (χ1n) is 10.3. The Morgan fingerprint density at radius 3 is 1.60 bits per heavy atom. The summed E-state index contributed by atoms with van der Waals surface area (Å²) in [5, 5.41) is 0. The largest absolute Gasteiger partial charge is 0.345 e. The second kappa shape index (κ2) is 8.41. The van der Waals surface area contributed by atoms with Gasteiger partial charge in [0.15, 0.2) is 0 Å². The van der Waals surface area contributed by atoms with Gasteiger partial charge in [-0.15, -0.1) is 0 Å². The van der Waals surface area contributed by atoms with Gasteiger partial charge in [0.1, 0.15) is 0 Å². The predicted octanol–water partition coefficient (Wildman–Crippen LogP) is 5.41. The molecule has 4 rings (SSSR count). The molecule has 0 radical (unpaired) electrons. The van der Waals surface area contributed by atoms with E-state index in [2.05, 4.69) is 54.9 Å². The van der Waals surface area contributed by atoms with Gasteiger partial charge in [-0.3, -0.25) is 9.80 Å². The number of rotatable bonds is 3. The summed E-state index contributed by atoms with van der Waals surface area (Å²) in [6.07, 6.45) is 14.1. The van der Waals surface area contributed by atoms with E-state index in [1.165, 1.54) is 81.0 Å². The Hall–Kier alpha value is -0.580. The standard InChI is InChI=1S/C21H32BrN3/c22-18-11-13-21(14-12-18)25-16-23(19-7-3-1-4-8-19)15-24(17-25)20-9-5-2-6-10-20/h11-14,19-20H,1-10,15-17H2. The summed E-state index contributed by atoms with van der Waals surface area (Å²) in [6, 6.07) is 10.5. The lowest BCUT2D eigenvalue weighted by molar-refractivity contribution is 0.00641.